The number of amides is 1. The number of sulfonamides is 1. The summed E-state index contributed by atoms with van der Waals surface area (Å²) in [5.41, 5.74) is -0.695. The summed E-state index contributed by atoms with van der Waals surface area (Å²) in [6.45, 7) is 4.81. The van der Waals surface area contributed by atoms with Crippen molar-refractivity contribution in [3.8, 4) is 0 Å². The van der Waals surface area contributed by atoms with E-state index in [9.17, 15) is 18.0 Å². The molecule has 1 aromatic rings. The van der Waals surface area contributed by atoms with Crippen LogP contribution < -0.4 is 4.72 Å². The van der Waals surface area contributed by atoms with Crippen molar-refractivity contribution in [2.45, 2.75) is 37.3 Å². The number of nitrogens with zero attached hydrogens (tertiary/aromatic N) is 1. The second kappa shape index (κ2) is 8.22. The Morgan fingerprint density at radius 1 is 1.29 bits per heavy atom. The molecule has 1 atom stereocenters. The minimum atomic E-state index is -3.96. The van der Waals surface area contributed by atoms with Gasteiger partial charge in [-0.05, 0) is 32.9 Å². The molecule has 0 aliphatic rings. The minimum Gasteiger partial charge on any atom is -0.468 e. The van der Waals surface area contributed by atoms with Crippen LogP contribution in [0, 0.1) is 0 Å². The average Bonchev–Trinajstić information content (AvgIpc) is 2.52. The number of rotatable bonds is 8. The van der Waals surface area contributed by atoms with Crippen molar-refractivity contribution in [3.63, 3.8) is 0 Å². The van der Waals surface area contributed by atoms with Gasteiger partial charge in [-0.15, -0.1) is 0 Å². The van der Waals surface area contributed by atoms with E-state index in [0.717, 1.165) is 12.2 Å². The fourth-order valence-electron chi connectivity index (χ4n) is 1.79. The lowest BCUT2D eigenvalue weighted by molar-refractivity contribution is -0.218. The second-order valence-corrected chi connectivity index (χ2v) is 7.63. The quantitative estimate of drug-likeness (QED) is 0.417. The van der Waals surface area contributed by atoms with Crippen LogP contribution in [0.4, 0.5) is 0 Å². The largest absolute Gasteiger partial charge is 0.468 e. The molecule has 0 fully saturated rings. The van der Waals surface area contributed by atoms with Crippen molar-refractivity contribution in [2.24, 2.45) is 0 Å². The highest BCUT2D eigenvalue weighted by atomic mass is 32.2. The van der Waals surface area contributed by atoms with Gasteiger partial charge in [0, 0.05) is 0 Å². The zero-order valence-electron chi connectivity index (χ0n) is 14.1. The van der Waals surface area contributed by atoms with Gasteiger partial charge in [-0.1, -0.05) is 18.2 Å². The number of hydrogen-bond acceptors (Lipinski definition) is 6. The Hall–Kier alpha value is -1.97. The van der Waals surface area contributed by atoms with Gasteiger partial charge in [0.2, 0.25) is 16.4 Å². The minimum absolute atomic E-state index is 0.00621. The summed E-state index contributed by atoms with van der Waals surface area (Å²) in [7, 11) is -2.83. The van der Waals surface area contributed by atoms with Crippen LogP contribution in [-0.4, -0.2) is 51.2 Å². The maximum atomic E-state index is 12.4. The molecule has 0 spiro atoms. The van der Waals surface area contributed by atoms with Crippen molar-refractivity contribution < 1.29 is 27.6 Å². The number of benzene rings is 1. The molecule has 134 valence electrons. The van der Waals surface area contributed by atoms with E-state index >= 15 is 0 Å². The van der Waals surface area contributed by atoms with Gasteiger partial charge < -0.3 is 4.74 Å². The predicted molar refractivity (Wildman–Crippen MR) is 86.2 cm³/mol. The van der Waals surface area contributed by atoms with Crippen molar-refractivity contribution in [1.82, 2.24) is 9.79 Å². The number of ether oxygens (including phenoxy) is 1. The summed E-state index contributed by atoms with van der Waals surface area (Å²) >= 11 is 0. The van der Waals surface area contributed by atoms with E-state index in [1.54, 1.807) is 39.0 Å². The van der Waals surface area contributed by atoms with Gasteiger partial charge in [-0.3, -0.25) is 14.4 Å². The summed E-state index contributed by atoms with van der Waals surface area (Å²) < 4.78 is 31.5. The number of carbonyl (C=O) groups is 2. The summed E-state index contributed by atoms with van der Waals surface area (Å²) in [6.07, 6.45) is 0.373. The van der Waals surface area contributed by atoms with Gasteiger partial charge in [0.15, 0.2) is 0 Å². The second-order valence-electron chi connectivity index (χ2n) is 5.92. The van der Waals surface area contributed by atoms with E-state index in [2.05, 4.69) is 9.46 Å². The van der Waals surface area contributed by atoms with Crippen LogP contribution in [0.5, 0.6) is 0 Å². The number of methoxy groups -OCH3 is 1. The molecular formula is C15H22N2O6S. The Kier molecular flexibility index (Phi) is 6.88. The molecule has 24 heavy (non-hydrogen) atoms. The highest BCUT2D eigenvalue weighted by molar-refractivity contribution is 7.89. The van der Waals surface area contributed by atoms with Crippen LogP contribution in [0.15, 0.2) is 35.2 Å². The van der Waals surface area contributed by atoms with Crippen molar-refractivity contribution in [1.29, 1.82) is 0 Å². The third-order valence-electron chi connectivity index (χ3n) is 2.71. The number of esters is 1. The summed E-state index contributed by atoms with van der Waals surface area (Å²) in [4.78, 5) is 28.4. The van der Waals surface area contributed by atoms with Gasteiger partial charge in [0.25, 0.3) is 0 Å². The molecule has 1 rings (SSSR count). The van der Waals surface area contributed by atoms with Gasteiger partial charge in [-0.25, -0.2) is 13.5 Å². The third-order valence-corrected chi connectivity index (χ3v) is 4.20. The summed E-state index contributed by atoms with van der Waals surface area (Å²) in [5, 5.41) is 0.856. The molecule has 0 aromatic heterocycles. The monoisotopic (exact) mass is 358 g/mol. The molecule has 0 saturated carbocycles. The van der Waals surface area contributed by atoms with E-state index in [-0.39, 0.29) is 11.4 Å². The number of nitrogens with one attached hydrogen (secondary N) is 1. The van der Waals surface area contributed by atoms with Crippen molar-refractivity contribution in [3.05, 3.63) is 30.3 Å². The lowest BCUT2D eigenvalue weighted by Gasteiger charge is -2.29. The molecule has 1 N–H and O–H groups in total. The zero-order chi connectivity index (χ0) is 18.4. The molecule has 0 heterocycles. The molecule has 0 aliphatic carbocycles. The van der Waals surface area contributed by atoms with Gasteiger partial charge in [-0.2, -0.15) is 4.72 Å². The van der Waals surface area contributed by atoms with Gasteiger partial charge in [0.1, 0.15) is 6.04 Å². The Balaban J connectivity index is 2.98. The first-order valence-electron chi connectivity index (χ1n) is 7.15. The lowest BCUT2D eigenvalue weighted by Crippen LogP contribution is -2.49. The first-order chi connectivity index (χ1) is 11.1. The molecule has 1 amide bonds. The highest BCUT2D eigenvalue weighted by Gasteiger charge is 2.30. The topological polar surface area (TPSA) is 102 Å². The Bertz CT molecular complexity index is 654. The zero-order valence-corrected chi connectivity index (χ0v) is 14.9. The van der Waals surface area contributed by atoms with Crippen LogP contribution >= 0.6 is 0 Å². The first kappa shape index (κ1) is 20.1. The van der Waals surface area contributed by atoms with Gasteiger partial charge >= 0.3 is 5.97 Å². The highest BCUT2D eigenvalue weighted by Crippen LogP contribution is 2.12. The average molecular weight is 358 g/mol. The molecule has 1 aromatic carbocycles. The maximum absolute atomic E-state index is 12.4. The lowest BCUT2D eigenvalue weighted by atomic mass is 10.2. The molecule has 0 aliphatic heterocycles. The fourth-order valence-corrected chi connectivity index (χ4v) is 2.99. The number of hydrogen-bond donors (Lipinski definition) is 1. The molecule has 8 nitrogen and oxygen atoms in total. The van der Waals surface area contributed by atoms with E-state index < -0.39 is 27.6 Å². The third kappa shape index (κ3) is 6.26. The smallest absolute Gasteiger partial charge is 0.325 e. The Morgan fingerprint density at radius 2 is 1.88 bits per heavy atom. The van der Waals surface area contributed by atoms with Crippen LogP contribution in [0.1, 0.15) is 20.8 Å². The molecule has 0 radical (unpaired) electrons. The van der Waals surface area contributed by atoms with Crippen LogP contribution in [-0.2, 0) is 29.2 Å². The molecule has 1 unspecified atom stereocenters. The molecule has 0 saturated heterocycles. The van der Waals surface area contributed by atoms with Crippen molar-refractivity contribution in [2.75, 3.05) is 13.7 Å². The predicted octanol–water partition coefficient (Wildman–Crippen LogP) is 0.695. The van der Waals surface area contributed by atoms with Crippen LogP contribution in [0.3, 0.4) is 0 Å². The van der Waals surface area contributed by atoms with E-state index in [0.29, 0.717) is 6.41 Å². The SMILES string of the molecule is COC(=O)C(CN(C=O)OC(C)(C)C)NS(=O)(=O)c1ccccc1. The van der Waals surface area contributed by atoms with Crippen LogP contribution in [0.2, 0.25) is 0 Å². The maximum Gasteiger partial charge on any atom is 0.325 e. The van der Waals surface area contributed by atoms with Gasteiger partial charge in [0.05, 0.1) is 24.2 Å². The molecule has 0 bridgehead atoms. The fraction of sp³-hybridized carbons (Fsp3) is 0.467. The standard InChI is InChI=1S/C15H22N2O6S/c1-15(2,3)23-17(11-18)10-13(14(19)22-4)16-24(20,21)12-8-6-5-7-9-12/h5-9,11,13,16H,10H2,1-4H3. The van der Waals surface area contributed by atoms with E-state index in [4.69, 9.17) is 4.84 Å². The Morgan fingerprint density at radius 3 is 2.33 bits per heavy atom. The molecule has 9 heteroatoms. The number of carbonyl (C=O) groups excluding carboxylic acids is 2. The van der Waals surface area contributed by atoms with E-state index in [1.807, 2.05) is 0 Å². The Labute approximate surface area is 141 Å². The van der Waals surface area contributed by atoms with Crippen molar-refractivity contribution >= 4 is 22.4 Å². The first-order valence-corrected chi connectivity index (χ1v) is 8.63. The van der Waals surface area contributed by atoms with Crippen LogP contribution in [0.25, 0.3) is 0 Å². The van der Waals surface area contributed by atoms with E-state index in [1.165, 1.54) is 12.1 Å². The molecular weight excluding hydrogens is 336 g/mol. The summed E-state index contributed by atoms with van der Waals surface area (Å²) in [6, 6.07) is 6.25. The normalized spacial score (nSPS) is 13.2. The number of hydroxylamine groups is 2. The summed E-state index contributed by atoms with van der Waals surface area (Å²) in [5.74, 6) is -0.834.